The van der Waals surface area contributed by atoms with Crippen LogP contribution in [0.15, 0.2) is 64.2 Å². The van der Waals surface area contributed by atoms with Gasteiger partial charge in [0.1, 0.15) is 0 Å². The summed E-state index contributed by atoms with van der Waals surface area (Å²) in [5.74, 6) is -1.14. The lowest BCUT2D eigenvalue weighted by atomic mass is 10.1. The highest BCUT2D eigenvalue weighted by Gasteiger charge is 2.22. The van der Waals surface area contributed by atoms with Gasteiger partial charge in [-0.3, -0.25) is 24.3 Å². The van der Waals surface area contributed by atoms with Crippen LogP contribution < -0.4 is 11.1 Å². The van der Waals surface area contributed by atoms with E-state index in [2.05, 4.69) is 5.10 Å². The molecule has 0 saturated carbocycles. The van der Waals surface area contributed by atoms with E-state index < -0.39 is 11.9 Å². The molecule has 1 heterocycles. The van der Waals surface area contributed by atoms with Crippen molar-refractivity contribution in [3.05, 3.63) is 80.9 Å². The number of aromatic nitrogens is 2. The van der Waals surface area contributed by atoms with Gasteiger partial charge in [0.25, 0.3) is 11.1 Å². The number of rotatable bonds is 8. The molecule has 162 valence electrons. The maximum atomic E-state index is 13.0. The zero-order valence-electron chi connectivity index (χ0n) is 17.5. The van der Waals surface area contributed by atoms with E-state index in [0.29, 0.717) is 17.3 Å². The smallest absolute Gasteiger partial charge is 0.310 e. The van der Waals surface area contributed by atoms with Crippen LogP contribution in [0.25, 0.3) is 10.8 Å². The zero-order valence-corrected chi connectivity index (χ0v) is 17.5. The van der Waals surface area contributed by atoms with Gasteiger partial charge < -0.3 is 9.64 Å². The molecule has 3 aromatic rings. The predicted molar refractivity (Wildman–Crippen MR) is 116 cm³/mol. The maximum absolute atomic E-state index is 13.0. The molecule has 1 atom stereocenters. The Morgan fingerprint density at radius 1 is 1.03 bits per heavy atom. The second kappa shape index (κ2) is 9.88. The van der Waals surface area contributed by atoms with Crippen LogP contribution in [-0.2, 0) is 27.4 Å². The molecule has 2 aromatic carbocycles. The van der Waals surface area contributed by atoms with E-state index in [-0.39, 0.29) is 36.5 Å². The predicted octanol–water partition coefficient (Wildman–Crippen LogP) is 1.92. The Morgan fingerprint density at radius 3 is 2.35 bits per heavy atom. The Labute approximate surface area is 179 Å². The van der Waals surface area contributed by atoms with Crippen LogP contribution in [0.4, 0.5) is 0 Å². The fraction of sp³-hybridized carbons (Fsp3) is 0.304. The van der Waals surface area contributed by atoms with Crippen LogP contribution in [-0.4, -0.2) is 40.2 Å². The summed E-state index contributed by atoms with van der Waals surface area (Å²) in [6.45, 7) is 2.23. The number of fused-ring (bicyclic) bond motifs is 1. The van der Waals surface area contributed by atoms with E-state index >= 15 is 0 Å². The first-order valence-electron chi connectivity index (χ1n) is 10.0. The topological polar surface area (TPSA) is 101 Å². The summed E-state index contributed by atoms with van der Waals surface area (Å²) in [6, 6.07) is 16.0. The Kier molecular flexibility index (Phi) is 7.02. The number of benzene rings is 2. The van der Waals surface area contributed by atoms with Crippen molar-refractivity contribution in [1.82, 2.24) is 14.7 Å². The first kappa shape index (κ1) is 22.0. The van der Waals surface area contributed by atoms with Gasteiger partial charge in [0.15, 0.2) is 0 Å². The van der Waals surface area contributed by atoms with Gasteiger partial charge in [0.05, 0.1) is 30.3 Å². The highest BCUT2D eigenvalue weighted by molar-refractivity contribution is 5.80. The number of methoxy groups -OCH3 is 1. The van der Waals surface area contributed by atoms with Crippen molar-refractivity contribution < 1.29 is 14.3 Å². The monoisotopic (exact) mass is 423 g/mol. The molecule has 0 fully saturated rings. The van der Waals surface area contributed by atoms with Crippen molar-refractivity contribution in [3.8, 4) is 0 Å². The van der Waals surface area contributed by atoms with Crippen LogP contribution in [0.3, 0.4) is 0 Å². The van der Waals surface area contributed by atoms with Crippen molar-refractivity contribution in [2.24, 2.45) is 5.92 Å². The van der Waals surface area contributed by atoms with Gasteiger partial charge in [-0.05, 0) is 17.7 Å². The average Bonchev–Trinajstić information content (AvgIpc) is 2.79. The summed E-state index contributed by atoms with van der Waals surface area (Å²) < 4.78 is 5.94. The highest BCUT2D eigenvalue weighted by atomic mass is 16.5. The third-order valence-corrected chi connectivity index (χ3v) is 5.10. The van der Waals surface area contributed by atoms with Gasteiger partial charge in [-0.25, -0.2) is 4.68 Å². The van der Waals surface area contributed by atoms with Gasteiger partial charge in [-0.2, -0.15) is 0 Å². The lowest BCUT2D eigenvalue weighted by Gasteiger charge is -2.25. The highest BCUT2D eigenvalue weighted by Crippen LogP contribution is 2.11. The molecule has 0 radical (unpaired) electrons. The van der Waals surface area contributed by atoms with E-state index in [9.17, 15) is 19.2 Å². The van der Waals surface area contributed by atoms with E-state index in [0.717, 1.165) is 10.2 Å². The third kappa shape index (κ3) is 5.28. The Morgan fingerprint density at radius 2 is 1.68 bits per heavy atom. The molecule has 31 heavy (non-hydrogen) atoms. The molecule has 0 aliphatic rings. The van der Waals surface area contributed by atoms with E-state index in [1.54, 1.807) is 36.1 Å². The van der Waals surface area contributed by atoms with E-state index in [1.165, 1.54) is 7.11 Å². The van der Waals surface area contributed by atoms with E-state index in [1.807, 2.05) is 30.3 Å². The maximum Gasteiger partial charge on any atom is 0.310 e. The number of carbonyl (C=O) groups is 2. The van der Waals surface area contributed by atoms with Crippen molar-refractivity contribution in [1.29, 1.82) is 0 Å². The molecule has 0 aliphatic heterocycles. The number of nitrogens with one attached hydrogen (secondary N) is 1. The number of hydrogen-bond acceptors (Lipinski definition) is 5. The molecule has 8 nitrogen and oxygen atoms in total. The number of esters is 1. The Hall–Kier alpha value is -3.68. The van der Waals surface area contributed by atoms with Crippen LogP contribution in [0.2, 0.25) is 0 Å². The second-order valence-electron chi connectivity index (χ2n) is 7.38. The number of amides is 1. The summed E-state index contributed by atoms with van der Waals surface area (Å²) in [5.41, 5.74) is 0.174. The van der Waals surface area contributed by atoms with Gasteiger partial charge in [0.2, 0.25) is 5.91 Å². The lowest BCUT2D eigenvalue weighted by Crippen LogP contribution is -2.38. The number of aryl methyl sites for hydroxylation is 1. The molecule has 3 rings (SSSR count). The number of ether oxygens (including phenoxy) is 1. The van der Waals surface area contributed by atoms with Gasteiger partial charge >= 0.3 is 5.97 Å². The third-order valence-electron chi connectivity index (χ3n) is 5.10. The molecule has 8 heteroatoms. The zero-order chi connectivity index (χ0) is 22.4. The molecule has 0 bridgehead atoms. The number of hydrogen-bond donors (Lipinski definition) is 1. The Balaban J connectivity index is 1.79. The standard InChI is InChI=1S/C23H25N3O5/c1-16(23(30)31-2)14-25(15-17-8-4-3-5-9-17)20(27)12-13-26-22(29)19-11-7-6-10-18(19)21(28)24-26/h3-11,16H,12-15H2,1-2H3,(H,24,28). The molecule has 0 spiro atoms. The molecule has 0 aliphatic carbocycles. The average molecular weight is 423 g/mol. The molecule has 1 unspecified atom stereocenters. The molecule has 1 N–H and O–H groups in total. The first-order chi connectivity index (χ1) is 14.9. The van der Waals surface area contributed by atoms with Crippen molar-refractivity contribution in [3.63, 3.8) is 0 Å². The SMILES string of the molecule is COC(=O)C(C)CN(Cc1ccccc1)C(=O)CCn1[nH]c(=O)c2ccccc2c1=O. The lowest BCUT2D eigenvalue weighted by molar-refractivity contribution is -0.146. The fourth-order valence-corrected chi connectivity index (χ4v) is 3.43. The van der Waals surface area contributed by atoms with Crippen LogP contribution >= 0.6 is 0 Å². The van der Waals surface area contributed by atoms with Crippen molar-refractivity contribution in [2.75, 3.05) is 13.7 Å². The molecular formula is C23H25N3O5. The van der Waals surface area contributed by atoms with Gasteiger partial charge in [-0.1, -0.05) is 49.4 Å². The minimum atomic E-state index is -0.499. The largest absolute Gasteiger partial charge is 0.469 e. The number of nitrogens with zero attached hydrogens (tertiary/aromatic N) is 2. The molecule has 1 amide bonds. The molecule has 1 aromatic heterocycles. The summed E-state index contributed by atoms with van der Waals surface area (Å²) in [4.78, 5) is 51.4. The van der Waals surface area contributed by atoms with Crippen LogP contribution in [0, 0.1) is 5.92 Å². The fourth-order valence-electron chi connectivity index (χ4n) is 3.43. The minimum Gasteiger partial charge on any atom is -0.469 e. The summed E-state index contributed by atoms with van der Waals surface area (Å²) >= 11 is 0. The van der Waals surface area contributed by atoms with Crippen LogP contribution in [0.1, 0.15) is 18.9 Å². The van der Waals surface area contributed by atoms with Crippen molar-refractivity contribution in [2.45, 2.75) is 26.4 Å². The molecular weight excluding hydrogens is 398 g/mol. The summed E-state index contributed by atoms with van der Waals surface area (Å²) in [6.07, 6.45) is -0.00505. The minimum absolute atomic E-state index is 0.00505. The number of carbonyl (C=O) groups excluding carboxylic acids is 2. The number of aromatic amines is 1. The summed E-state index contributed by atoms with van der Waals surface area (Å²) in [7, 11) is 1.31. The normalized spacial score (nSPS) is 11.8. The quantitative estimate of drug-likeness (QED) is 0.558. The molecule has 0 saturated heterocycles. The second-order valence-corrected chi connectivity index (χ2v) is 7.38. The van der Waals surface area contributed by atoms with Gasteiger partial charge in [0, 0.05) is 19.5 Å². The first-order valence-corrected chi connectivity index (χ1v) is 10.0. The van der Waals surface area contributed by atoms with Gasteiger partial charge in [-0.15, -0.1) is 0 Å². The number of H-pyrrole nitrogens is 1. The van der Waals surface area contributed by atoms with E-state index in [4.69, 9.17) is 4.74 Å². The Bertz CT molecular complexity index is 1180. The van der Waals surface area contributed by atoms with Crippen LogP contribution in [0.5, 0.6) is 0 Å². The van der Waals surface area contributed by atoms with Crippen molar-refractivity contribution >= 4 is 22.6 Å². The summed E-state index contributed by atoms with van der Waals surface area (Å²) in [5, 5.41) is 3.15.